The number of halogens is 1. The number of hydrogen-bond donors (Lipinski definition) is 1. The summed E-state index contributed by atoms with van der Waals surface area (Å²) in [6.45, 7) is 5.13. The number of ether oxygens (including phenoxy) is 1. The molecular formula is C14H20FNO2. The van der Waals surface area contributed by atoms with Crippen LogP contribution in [0, 0.1) is 11.7 Å². The lowest BCUT2D eigenvalue weighted by Gasteiger charge is -2.13. The third-order valence-electron chi connectivity index (χ3n) is 2.46. The highest BCUT2D eigenvalue weighted by molar-refractivity contribution is 5.45. The Morgan fingerprint density at radius 3 is 2.89 bits per heavy atom. The van der Waals surface area contributed by atoms with Gasteiger partial charge in [0.2, 0.25) is 6.41 Å². The first-order valence-electron chi connectivity index (χ1n) is 6.22. The topological polar surface area (TPSA) is 38.3 Å². The van der Waals surface area contributed by atoms with E-state index in [0.29, 0.717) is 37.6 Å². The van der Waals surface area contributed by atoms with Crippen molar-refractivity contribution >= 4 is 6.41 Å². The van der Waals surface area contributed by atoms with E-state index in [0.717, 1.165) is 12.0 Å². The number of aryl methyl sites for hydroxylation is 1. The van der Waals surface area contributed by atoms with E-state index in [1.165, 1.54) is 6.07 Å². The summed E-state index contributed by atoms with van der Waals surface area (Å²) in [5, 5.41) is 2.59. The van der Waals surface area contributed by atoms with E-state index in [4.69, 9.17) is 4.74 Å². The fraction of sp³-hybridized carbons (Fsp3) is 0.500. The molecule has 0 heterocycles. The van der Waals surface area contributed by atoms with Gasteiger partial charge < -0.3 is 10.1 Å². The Morgan fingerprint density at radius 2 is 2.22 bits per heavy atom. The van der Waals surface area contributed by atoms with Crippen molar-refractivity contribution in [1.82, 2.24) is 5.32 Å². The minimum absolute atomic E-state index is 0.323. The predicted octanol–water partition coefficient (Wildman–Crippen LogP) is 2.54. The van der Waals surface area contributed by atoms with Gasteiger partial charge in [-0.3, -0.25) is 4.79 Å². The van der Waals surface area contributed by atoms with Gasteiger partial charge in [-0.15, -0.1) is 0 Å². The maximum atomic E-state index is 13.7. The number of benzene rings is 1. The minimum atomic E-state index is -0.323. The number of hydrogen-bond acceptors (Lipinski definition) is 2. The van der Waals surface area contributed by atoms with Crippen LogP contribution in [0.15, 0.2) is 18.2 Å². The zero-order chi connectivity index (χ0) is 13.4. The Morgan fingerprint density at radius 1 is 1.44 bits per heavy atom. The summed E-state index contributed by atoms with van der Waals surface area (Å²) in [5.74, 6) is 0.378. The van der Waals surface area contributed by atoms with Crippen LogP contribution in [-0.2, 0) is 11.2 Å². The maximum absolute atomic E-state index is 13.7. The molecule has 0 aliphatic heterocycles. The van der Waals surface area contributed by atoms with Gasteiger partial charge in [-0.05, 0) is 30.4 Å². The summed E-state index contributed by atoms with van der Waals surface area (Å²) in [4.78, 5) is 10.1. The average molecular weight is 253 g/mol. The smallest absolute Gasteiger partial charge is 0.207 e. The van der Waals surface area contributed by atoms with E-state index in [2.05, 4.69) is 5.32 Å². The molecule has 100 valence electrons. The Bertz CT molecular complexity index is 380. The van der Waals surface area contributed by atoms with Gasteiger partial charge in [0.1, 0.15) is 0 Å². The van der Waals surface area contributed by atoms with E-state index in [-0.39, 0.29) is 5.82 Å². The highest BCUT2D eigenvalue weighted by Gasteiger charge is 2.10. The maximum Gasteiger partial charge on any atom is 0.207 e. The van der Waals surface area contributed by atoms with Crippen molar-refractivity contribution in [1.29, 1.82) is 0 Å². The fourth-order valence-corrected chi connectivity index (χ4v) is 1.60. The quantitative estimate of drug-likeness (QED) is 0.571. The van der Waals surface area contributed by atoms with Crippen molar-refractivity contribution in [3.63, 3.8) is 0 Å². The number of carbonyl (C=O) groups excluding carboxylic acids is 1. The van der Waals surface area contributed by atoms with Gasteiger partial charge in [-0.25, -0.2) is 4.39 Å². The van der Waals surface area contributed by atoms with E-state index in [1.54, 1.807) is 6.07 Å². The van der Waals surface area contributed by atoms with E-state index >= 15 is 0 Å². The molecule has 0 saturated carbocycles. The lowest BCUT2D eigenvalue weighted by molar-refractivity contribution is -0.109. The van der Waals surface area contributed by atoms with Crippen molar-refractivity contribution in [2.75, 3.05) is 13.2 Å². The number of para-hydroxylation sites is 1. The summed E-state index contributed by atoms with van der Waals surface area (Å²) >= 11 is 0. The molecular weight excluding hydrogens is 233 g/mol. The molecule has 0 aliphatic carbocycles. The summed E-state index contributed by atoms with van der Waals surface area (Å²) in [7, 11) is 0. The molecule has 0 spiro atoms. The molecule has 0 fully saturated rings. The van der Waals surface area contributed by atoms with Crippen LogP contribution in [0.25, 0.3) is 0 Å². The molecule has 1 aromatic rings. The molecule has 3 nitrogen and oxygen atoms in total. The Hall–Kier alpha value is -1.58. The molecule has 0 atom stereocenters. The second kappa shape index (κ2) is 7.69. The zero-order valence-electron chi connectivity index (χ0n) is 10.9. The molecule has 1 N–H and O–H groups in total. The highest BCUT2D eigenvalue weighted by atomic mass is 19.1. The molecule has 4 heteroatoms. The van der Waals surface area contributed by atoms with Gasteiger partial charge in [0, 0.05) is 6.54 Å². The third-order valence-corrected chi connectivity index (χ3v) is 2.46. The molecule has 0 aromatic heterocycles. The molecule has 0 radical (unpaired) electrons. The number of amides is 1. The van der Waals surface area contributed by atoms with Gasteiger partial charge in [0.05, 0.1) is 6.61 Å². The largest absolute Gasteiger partial charge is 0.490 e. The van der Waals surface area contributed by atoms with Gasteiger partial charge in [0.25, 0.3) is 0 Å². The number of carbonyl (C=O) groups is 1. The normalized spacial score (nSPS) is 10.4. The summed E-state index contributed by atoms with van der Waals surface area (Å²) in [6.07, 6.45) is 2.12. The van der Waals surface area contributed by atoms with Crippen LogP contribution in [-0.4, -0.2) is 19.6 Å². The molecule has 1 rings (SSSR count). The van der Waals surface area contributed by atoms with Gasteiger partial charge >= 0.3 is 0 Å². The Kier molecular flexibility index (Phi) is 6.19. The molecule has 0 bridgehead atoms. The molecule has 0 aliphatic rings. The standard InChI is InChI=1S/C14H20FNO2/c1-11(2)9-18-14-12(5-3-7-13(14)15)6-4-8-16-10-17/h3,5,7,10-11H,4,6,8-9H2,1-2H3,(H,16,17). The van der Waals surface area contributed by atoms with Crippen molar-refractivity contribution in [2.45, 2.75) is 26.7 Å². The Labute approximate surface area is 107 Å². The molecule has 18 heavy (non-hydrogen) atoms. The Balaban J connectivity index is 2.64. The van der Waals surface area contributed by atoms with Gasteiger partial charge in [-0.2, -0.15) is 0 Å². The van der Waals surface area contributed by atoms with Crippen LogP contribution in [0.4, 0.5) is 4.39 Å². The summed E-state index contributed by atoms with van der Waals surface area (Å²) in [5.41, 5.74) is 0.850. The number of nitrogens with one attached hydrogen (secondary N) is 1. The average Bonchev–Trinajstić information content (AvgIpc) is 2.33. The highest BCUT2D eigenvalue weighted by Crippen LogP contribution is 2.24. The van der Waals surface area contributed by atoms with Crippen LogP contribution >= 0.6 is 0 Å². The first kappa shape index (κ1) is 14.5. The number of rotatable bonds is 8. The first-order chi connectivity index (χ1) is 8.65. The van der Waals surface area contributed by atoms with Gasteiger partial charge in [-0.1, -0.05) is 26.0 Å². The molecule has 0 unspecified atom stereocenters. The SMILES string of the molecule is CC(C)COc1c(F)cccc1CCCNC=O. The molecule has 0 saturated heterocycles. The lowest BCUT2D eigenvalue weighted by Crippen LogP contribution is -2.13. The minimum Gasteiger partial charge on any atom is -0.490 e. The molecule has 1 amide bonds. The van der Waals surface area contributed by atoms with E-state index < -0.39 is 0 Å². The fourth-order valence-electron chi connectivity index (χ4n) is 1.60. The second-order valence-electron chi connectivity index (χ2n) is 4.61. The van der Waals surface area contributed by atoms with Crippen LogP contribution in [0.1, 0.15) is 25.8 Å². The van der Waals surface area contributed by atoms with Crippen molar-refractivity contribution < 1.29 is 13.9 Å². The van der Waals surface area contributed by atoms with Crippen LogP contribution in [0.5, 0.6) is 5.75 Å². The second-order valence-corrected chi connectivity index (χ2v) is 4.61. The molecule has 1 aromatic carbocycles. The van der Waals surface area contributed by atoms with Crippen LogP contribution < -0.4 is 10.1 Å². The third kappa shape index (κ3) is 4.73. The lowest BCUT2D eigenvalue weighted by atomic mass is 10.1. The summed E-state index contributed by atoms with van der Waals surface area (Å²) in [6, 6.07) is 4.95. The van der Waals surface area contributed by atoms with Gasteiger partial charge in [0.15, 0.2) is 11.6 Å². The van der Waals surface area contributed by atoms with E-state index in [1.807, 2.05) is 19.9 Å². The zero-order valence-corrected chi connectivity index (χ0v) is 10.9. The predicted molar refractivity (Wildman–Crippen MR) is 69.1 cm³/mol. The van der Waals surface area contributed by atoms with Crippen molar-refractivity contribution in [3.8, 4) is 5.75 Å². The van der Waals surface area contributed by atoms with E-state index in [9.17, 15) is 9.18 Å². The van der Waals surface area contributed by atoms with Crippen LogP contribution in [0.2, 0.25) is 0 Å². The first-order valence-corrected chi connectivity index (χ1v) is 6.22. The monoisotopic (exact) mass is 253 g/mol. The van der Waals surface area contributed by atoms with Crippen LogP contribution in [0.3, 0.4) is 0 Å². The van der Waals surface area contributed by atoms with Crippen molar-refractivity contribution in [2.24, 2.45) is 5.92 Å². The summed E-state index contributed by atoms with van der Waals surface area (Å²) < 4.78 is 19.2. The van der Waals surface area contributed by atoms with Crippen molar-refractivity contribution in [3.05, 3.63) is 29.6 Å².